The molecule has 0 spiro atoms. The summed E-state index contributed by atoms with van der Waals surface area (Å²) >= 11 is 0. The number of aryl methyl sites for hydroxylation is 1. The predicted molar refractivity (Wildman–Crippen MR) is 80.1 cm³/mol. The summed E-state index contributed by atoms with van der Waals surface area (Å²) in [4.78, 5) is 31.9. The van der Waals surface area contributed by atoms with Crippen LogP contribution in [0.2, 0.25) is 0 Å². The lowest BCUT2D eigenvalue weighted by molar-refractivity contribution is 0.102. The van der Waals surface area contributed by atoms with Crippen molar-refractivity contribution in [1.82, 2.24) is 14.7 Å². The van der Waals surface area contributed by atoms with Crippen LogP contribution in [0.1, 0.15) is 16.1 Å². The van der Waals surface area contributed by atoms with Gasteiger partial charge in [0, 0.05) is 11.6 Å². The number of aromatic nitrogens is 3. The van der Waals surface area contributed by atoms with E-state index in [0.717, 1.165) is 6.07 Å². The van der Waals surface area contributed by atoms with Gasteiger partial charge in [0.05, 0.1) is 16.8 Å². The molecule has 0 fully saturated rings. The first-order valence-electron chi connectivity index (χ1n) is 6.51. The number of pyridine rings is 1. The maximum atomic E-state index is 12.2. The van der Waals surface area contributed by atoms with Gasteiger partial charge in [-0.3, -0.25) is 9.59 Å². The van der Waals surface area contributed by atoms with Crippen molar-refractivity contribution in [2.75, 3.05) is 5.32 Å². The highest BCUT2D eigenvalue weighted by Crippen LogP contribution is 2.22. The van der Waals surface area contributed by atoms with E-state index in [2.05, 4.69) is 15.3 Å². The summed E-state index contributed by atoms with van der Waals surface area (Å²) < 4.78 is 0.433. The molecule has 0 radical (unpaired) electrons. The minimum absolute atomic E-state index is 0.0448. The normalized spacial score (nSPS) is 10.6. The molecule has 3 rings (SSSR count). The number of hydrogen-bond donors (Lipinski definition) is 2. The SMILES string of the molecule is Cc1ncnc2c1c(NC(=O)c1ccccc1)cc(=O)n2O. The summed E-state index contributed by atoms with van der Waals surface area (Å²) in [5.41, 5.74) is 0.615. The zero-order chi connectivity index (χ0) is 15.7. The van der Waals surface area contributed by atoms with Crippen molar-refractivity contribution in [2.24, 2.45) is 0 Å². The molecule has 0 aliphatic carbocycles. The van der Waals surface area contributed by atoms with Gasteiger partial charge in [0.25, 0.3) is 11.5 Å². The molecule has 7 heteroatoms. The van der Waals surface area contributed by atoms with Gasteiger partial charge < -0.3 is 10.5 Å². The third kappa shape index (κ3) is 2.28. The summed E-state index contributed by atoms with van der Waals surface area (Å²) in [7, 11) is 0. The Kier molecular flexibility index (Phi) is 3.30. The highest BCUT2D eigenvalue weighted by atomic mass is 16.5. The summed E-state index contributed by atoms with van der Waals surface area (Å²) in [6.45, 7) is 1.70. The largest absolute Gasteiger partial charge is 0.423 e. The maximum Gasteiger partial charge on any atom is 0.286 e. The topological polar surface area (TPSA) is 97.1 Å². The van der Waals surface area contributed by atoms with Gasteiger partial charge in [-0.25, -0.2) is 9.97 Å². The van der Waals surface area contributed by atoms with Crippen molar-refractivity contribution in [3.63, 3.8) is 0 Å². The Morgan fingerprint density at radius 3 is 2.68 bits per heavy atom. The second-order valence-electron chi connectivity index (χ2n) is 4.69. The average molecular weight is 296 g/mol. The van der Waals surface area contributed by atoms with Crippen LogP contribution in [-0.2, 0) is 0 Å². The number of amides is 1. The fourth-order valence-corrected chi connectivity index (χ4v) is 2.18. The highest BCUT2D eigenvalue weighted by molar-refractivity contribution is 6.08. The van der Waals surface area contributed by atoms with Gasteiger partial charge in [0.1, 0.15) is 6.33 Å². The Balaban J connectivity index is 2.14. The number of nitrogens with zero attached hydrogens (tertiary/aromatic N) is 3. The van der Waals surface area contributed by atoms with Crippen LogP contribution < -0.4 is 10.9 Å². The van der Waals surface area contributed by atoms with Gasteiger partial charge >= 0.3 is 0 Å². The Hall–Kier alpha value is -3.22. The number of nitrogens with one attached hydrogen (secondary N) is 1. The predicted octanol–water partition coefficient (Wildman–Crippen LogP) is 1.59. The monoisotopic (exact) mass is 296 g/mol. The van der Waals surface area contributed by atoms with Crippen molar-refractivity contribution in [2.45, 2.75) is 6.92 Å². The molecule has 1 aromatic carbocycles. The molecule has 3 aromatic rings. The van der Waals surface area contributed by atoms with Crippen molar-refractivity contribution in [1.29, 1.82) is 0 Å². The van der Waals surface area contributed by atoms with Crippen molar-refractivity contribution >= 4 is 22.6 Å². The molecule has 0 unspecified atom stereocenters. The third-order valence-electron chi connectivity index (χ3n) is 3.25. The lowest BCUT2D eigenvalue weighted by atomic mass is 10.2. The minimum Gasteiger partial charge on any atom is -0.423 e. The molecule has 22 heavy (non-hydrogen) atoms. The first kappa shape index (κ1) is 13.7. The lowest BCUT2D eigenvalue weighted by Crippen LogP contribution is -2.21. The van der Waals surface area contributed by atoms with Crippen LogP contribution in [0.4, 0.5) is 5.69 Å². The Morgan fingerprint density at radius 1 is 1.23 bits per heavy atom. The van der Waals surface area contributed by atoms with E-state index in [0.29, 0.717) is 21.4 Å². The fraction of sp³-hybridized carbons (Fsp3) is 0.0667. The van der Waals surface area contributed by atoms with Crippen LogP contribution in [0, 0.1) is 6.92 Å². The van der Waals surface area contributed by atoms with Gasteiger partial charge in [-0.1, -0.05) is 18.2 Å². The zero-order valence-electron chi connectivity index (χ0n) is 11.6. The molecule has 2 N–H and O–H groups in total. The van der Waals surface area contributed by atoms with Crippen LogP contribution in [0.15, 0.2) is 47.5 Å². The number of benzene rings is 1. The lowest BCUT2D eigenvalue weighted by Gasteiger charge is -2.11. The van der Waals surface area contributed by atoms with Gasteiger partial charge in [0.2, 0.25) is 0 Å². The van der Waals surface area contributed by atoms with E-state index in [1.807, 2.05) is 0 Å². The van der Waals surface area contributed by atoms with Crippen molar-refractivity contribution < 1.29 is 10.0 Å². The van der Waals surface area contributed by atoms with Crippen LogP contribution in [0.25, 0.3) is 11.0 Å². The molecule has 2 heterocycles. The molecule has 0 bridgehead atoms. The molecule has 2 aromatic heterocycles. The molecule has 0 atom stereocenters. The first-order valence-corrected chi connectivity index (χ1v) is 6.51. The molecule has 0 saturated heterocycles. The molecule has 0 aliphatic rings. The molecule has 0 saturated carbocycles. The fourth-order valence-electron chi connectivity index (χ4n) is 2.18. The Labute approximate surface area is 124 Å². The molecule has 7 nitrogen and oxygen atoms in total. The number of anilines is 1. The minimum atomic E-state index is -0.686. The van der Waals surface area contributed by atoms with E-state index < -0.39 is 5.56 Å². The smallest absolute Gasteiger partial charge is 0.286 e. The van der Waals surface area contributed by atoms with Gasteiger partial charge in [-0.05, 0) is 19.1 Å². The number of carbonyl (C=O) groups excluding carboxylic acids is 1. The Morgan fingerprint density at radius 2 is 1.95 bits per heavy atom. The number of carbonyl (C=O) groups is 1. The second-order valence-corrected chi connectivity index (χ2v) is 4.69. The van der Waals surface area contributed by atoms with E-state index in [9.17, 15) is 14.8 Å². The molecule has 1 amide bonds. The number of hydrogen-bond acceptors (Lipinski definition) is 5. The number of fused-ring (bicyclic) bond motifs is 1. The second kappa shape index (κ2) is 5.28. The molecule has 110 valence electrons. The zero-order valence-corrected chi connectivity index (χ0v) is 11.6. The summed E-state index contributed by atoms with van der Waals surface area (Å²) in [6, 6.07) is 9.75. The van der Waals surface area contributed by atoms with Crippen LogP contribution in [-0.4, -0.2) is 25.8 Å². The summed E-state index contributed by atoms with van der Waals surface area (Å²) in [6.07, 6.45) is 1.24. The molecule has 0 aliphatic heterocycles. The van der Waals surface area contributed by atoms with Crippen LogP contribution in [0.5, 0.6) is 0 Å². The third-order valence-corrected chi connectivity index (χ3v) is 3.25. The van der Waals surface area contributed by atoms with E-state index >= 15 is 0 Å². The molecular weight excluding hydrogens is 284 g/mol. The molecular formula is C15H12N4O3. The summed E-state index contributed by atoms with van der Waals surface area (Å²) in [5, 5.41) is 12.8. The first-order chi connectivity index (χ1) is 10.6. The van der Waals surface area contributed by atoms with Gasteiger partial charge in [0.15, 0.2) is 5.65 Å². The highest BCUT2D eigenvalue weighted by Gasteiger charge is 2.15. The average Bonchev–Trinajstić information content (AvgIpc) is 2.53. The van der Waals surface area contributed by atoms with E-state index in [1.54, 1.807) is 37.3 Å². The maximum absolute atomic E-state index is 12.2. The van der Waals surface area contributed by atoms with Crippen molar-refractivity contribution in [3.05, 3.63) is 64.3 Å². The van der Waals surface area contributed by atoms with E-state index in [1.165, 1.54) is 6.33 Å². The van der Waals surface area contributed by atoms with Crippen molar-refractivity contribution in [3.8, 4) is 0 Å². The number of rotatable bonds is 2. The standard InChI is InChI=1S/C15H12N4O3/c1-9-13-11(18-15(21)10-5-3-2-4-6-10)7-12(20)19(22)14(13)17-8-16-9/h2-8,22H,1H3,(H,18,21). The summed E-state index contributed by atoms with van der Waals surface area (Å²) in [5.74, 6) is -0.361. The van der Waals surface area contributed by atoms with E-state index in [-0.39, 0.29) is 17.2 Å². The Bertz CT molecular complexity index is 919. The van der Waals surface area contributed by atoms with Gasteiger partial charge in [-0.15, -0.1) is 4.73 Å². The van der Waals surface area contributed by atoms with Crippen LogP contribution in [0.3, 0.4) is 0 Å². The quantitative estimate of drug-likeness (QED) is 0.700. The van der Waals surface area contributed by atoms with Crippen LogP contribution >= 0.6 is 0 Å². The van der Waals surface area contributed by atoms with E-state index in [4.69, 9.17) is 0 Å². The van der Waals surface area contributed by atoms with Gasteiger partial charge in [-0.2, -0.15) is 0 Å².